The number of hydrogen-bond donors (Lipinski definition) is 1. The number of phenols is 1. The Kier molecular flexibility index (Phi) is 6.53. The molecule has 1 heterocycles. The van der Waals surface area contributed by atoms with E-state index < -0.39 is 0 Å². The Morgan fingerprint density at radius 3 is 2.25 bits per heavy atom. The number of rotatable bonds is 5. The summed E-state index contributed by atoms with van der Waals surface area (Å²) in [6, 6.07) is 17.1. The highest BCUT2D eigenvalue weighted by Gasteiger charge is 2.22. The molecule has 2 aromatic carbocycles. The number of benzene rings is 2. The van der Waals surface area contributed by atoms with Crippen molar-refractivity contribution in [2.45, 2.75) is 25.8 Å². The Morgan fingerprint density at radius 1 is 1.00 bits per heavy atom. The molecule has 1 aliphatic heterocycles. The molecule has 2 aromatic rings. The van der Waals surface area contributed by atoms with E-state index in [0.29, 0.717) is 17.9 Å². The molecule has 0 atom stereocenters. The van der Waals surface area contributed by atoms with Gasteiger partial charge in [-0.2, -0.15) is 0 Å². The quantitative estimate of drug-likeness (QED) is 0.858. The standard InChI is InChI=1S/C20H23NO2.H2O/c22-19-8-6-18(7-9-19)20(23)14-16-10-12-21(13-11-16)15-17-4-2-1-3-5-17;/h1-9,16,22H,10-15H2;1H2. The molecule has 3 rings (SSSR count). The van der Waals surface area contributed by atoms with Crippen LogP contribution in [0.25, 0.3) is 0 Å². The number of nitrogens with zero attached hydrogens (tertiary/aromatic N) is 1. The lowest BCUT2D eigenvalue weighted by Crippen LogP contribution is -2.33. The topological polar surface area (TPSA) is 72.0 Å². The van der Waals surface area contributed by atoms with E-state index in [9.17, 15) is 9.90 Å². The zero-order chi connectivity index (χ0) is 16.1. The maximum Gasteiger partial charge on any atom is 0.163 e. The largest absolute Gasteiger partial charge is 0.508 e. The van der Waals surface area contributed by atoms with Crippen molar-refractivity contribution in [3.63, 3.8) is 0 Å². The van der Waals surface area contributed by atoms with Gasteiger partial charge in [0, 0.05) is 18.5 Å². The van der Waals surface area contributed by atoms with Gasteiger partial charge in [-0.15, -0.1) is 0 Å². The molecule has 4 heteroatoms. The van der Waals surface area contributed by atoms with Gasteiger partial charge in [0.2, 0.25) is 0 Å². The zero-order valence-electron chi connectivity index (χ0n) is 13.8. The third-order valence-electron chi connectivity index (χ3n) is 4.62. The summed E-state index contributed by atoms with van der Waals surface area (Å²) in [4.78, 5) is 14.8. The fourth-order valence-electron chi connectivity index (χ4n) is 3.22. The molecule has 0 bridgehead atoms. The Labute approximate surface area is 143 Å². The highest BCUT2D eigenvalue weighted by atomic mass is 16.3. The van der Waals surface area contributed by atoms with Gasteiger partial charge in [0.25, 0.3) is 0 Å². The van der Waals surface area contributed by atoms with Crippen molar-refractivity contribution < 1.29 is 15.4 Å². The Morgan fingerprint density at radius 2 is 1.62 bits per heavy atom. The molecular weight excluding hydrogens is 302 g/mol. The van der Waals surface area contributed by atoms with E-state index in [1.165, 1.54) is 5.56 Å². The van der Waals surface area contributed by atoms with Crippen molar-refractivity contribution in [2.75, 3.05) is 13.1 Å². The van der Waals surface area contributed by atoms with Crippen LogP contribution in [0, 0.1) is 5.92 Å². The number of carbonyl (C=O) groups is 1. The fraction of sp³-hybridized carbons (Fsp3) is 0.350. The van der Waals surface area contributed by atoms with Crippen LogP contribution in [0.4, 0.5) is 0 Å². The maximum atomic E-state index is 12.3. The first-order chi connectivity index (χ1) is 11.2. The molecule has 1 saturated heterocycles. The summed E-state index contributed by atoms with van der Waals surface area (Å²) >= 11 is 0. The molecule has 0 aromatic heterocycles. The van der Waals surface area contributed by atoms with Gasteiger partial charge in [-0.25, -0.2) is 0 Å². The van der Waals surface area contributed by atoms with Gasteiger partial charge < -0.3 is 10.6 Å². The number of Topliss-reactive ketones (excluding diaryl/α,β-unsaturated/α-hetero) is 1. The monoisotopic (exact) mass is 327 g/mol. The normalized spacial score (nSPS) is 15.7. The lowest BCUT2D eigenvalue weighted by atomic mass is 9.89. The first-order valence-corrected chi connectivity index (χ1v) is 8.29. The summed E-state index contributed by atoms with van der Waals surface area (Å²) in [5, 5.41) is 9.29. The first-order valence-electron chi connectivity index (χ1n) is 8.29. The van der Waals surface area contributed by atoms with Crippen molar-refractivity contribution >= 4 is 5.78 Å². The first kappa shape index (κ1) is 18.2. The molecule has 1 fully saturated rings. The van der Waals surface area contributed by atoms with Crippen LogP contribution in [0.15, 0.2) is 54.6 Å². The van der Waals surface area contributed by atoms with Crippen LogP contribution in [-0.2, 0) is 6.54 Å². The van der Waals surface area contributed by atoms with Gasteiger partial charge in [0.05, 0.1) is 0 Å². The van der Waals surface area contributed by atoms with Gasteiger partial charge in [0.15, 0.2) is 5.78 Å². The number of piperidine rings is 1. The molecule has 4 nitrogen and oxygen atoms in total. The summed E-state index contributed by atoms with van der Waals surface area (Å²) in [5.41, 5.74) is 2.06. The molecule has 0 saturated carbocycles. The third kappa shape index (κ3) is 4.91. The molecule has 0 spiro atoms. The summed E-state index contributed by atoms with van der Waals surface area (Å²) in [5.74, 6) is 0.866. The zero-order valence-corrected chi connectivity index (χ0v) is 13.8. The Bertz CT molecular complexity index is 632. The SMILES string of the molecule is O.O=C(CC1CCN(Cc2ccccc2)CC1)c1ccc(O)cc1. The second-order valence-corrected chi connectivity index (χ2v) is 6.38. The van der Waals surface area contributed by atoms with Crippen LogP contribution >= 0.6 is 0 Å². The summed E-state index contributed by atoms with van der Waals surface area (Å²) < 4.78 is 0. The van der Waals surface area contributed by atoms with Crippen LogP contribution in [-0.4, -0.2) is 34.4 Å². The number of aromatic hydroxyl groups is 1. The van der Waals surface area contributed by atoms with E-state index in [1.54, 1.807) is 24.3 Å². The number of likely N-dealkylation sites (tertiary alicyclic amines) is 1. The van der Waals surface area contributed by atoms with E-state index in [1.807, 2.05) is 6.07 Å². The summed E-state index contributed by atoms with van der Waals surface area (Å²) in [6.07, 6.45) is 2.78. The van der Waals surface area contributed by atoms with Crippen molar-refractivity contribution in [1.82, 2.24) is 4.90 Å². The molecule has 0 unspecified atom stereocenters. The minimum Gasteiger partial charge on any atom is -0.508 e. The van der Waals surface area contributed by atoms with Crippen molar-refractivity contribution in [2.24, 2.45) is 5.92 Å². The molecule has 128 valence electrons. The van der Waals surface area contributed by atoms with Gasteiger partial charge in [-0.3, -0.25) is 9.69 Å². The predicted molar refractivity (Wildman–Crippen MR) is 95.1 cm³/mol. The van der Waals surface area contributed by atoms with Crippen LogP contribution in [0.1, 0.15) is 35.2 Å². The highest BCUT2D eigenvalue weighted by Crippen LogP contribution is 2.24. The van der Waals surface area contributed by atoms with Crippen LogP contribution in [0.3, 0.4) is 0 Å². The lowest BCUT2D eigenvalue weighted by molar-refractivity contribution is 0.0925. The average Bonchev–Trinajstić information content (AvgIpc) is 2.58. The van der Waals surface area contributed by atoms with Crippen molar-refractivity contribution in [3.8, 4) is 5.75 Å². The van der Waals surface area contributed by atoms with Crippen LogP contribution < -0.4 is 0 Å². The third-order valence-corrected chi connectivity index (χ3v) is 4.62. The minimum atomic E-state index is 0. The van der Waals surface area contributed by atoms with Gasteiger partial charge in [0.1, 0.15) is 5.75 Å². The maximum absolute atomic E-state index is 12.3. The van der Waals surface area contributed by atoms with Crippen LogP contribution in [0.2, 0.25) is 0 Å². The smallest absolute Gasteiger partial charge is 0.163 e. The van der Waals surface area contributed by atoms with Gasteiger partial charge in [-0.05, 0) is 61.7 Å². The second-order valence-electron chi connectivity index (χ2n) is 6.38. The van der Waals surface area contributed by atoms with E-state index in [0.717, 1.165) is 32.5 Å². The summed E-state index contributed by atoms with van der Waals surface area (Å²) in [6.45, 7) is 3.12. The van der Waals surface area contributed by atoms with Crippen molar-refractivity contribution in [1.29, 1.82) is 0 Å². The predicted octanol–water partition coefficient (Wildman–Crippen LogP) is 3.05. The Hall–Kier alpha value is -2.17. The molecule has 0 amide bonds. The lowest BCUT2D eigenvalue weighted by Gasteiger charge is -2.31. The summed E-state index contributed by atoms with van der Waals surface area (Å²) in [7, 11) is 0. The van der Waals surface area contributed by atoms with Gasteiger partial charge in [-0.1, -0.05) is 30.3 Å². The van der Waals surface area contributed by atoms with Gasteiger partial charge >= 0.3 is 0 Å². The molecule has 24 heavy (non-hydrogen) atoms. The van der Waals surface area contributed by atoms with E-state index in [4.69, 9.17) is 0 Å². The molecule has 3 N–H and O–H groups in total. The molecule has 1 aliphatic rings. The fourth-order valence-corrected chi connectivity index (χ4v) is 3.22. The second kappa shape index (κ2) is 8.62. The number of hydrogen-bond acceptors (Lipinski definition) is 3. The average molecular weight is 327 g/mol. The van der Waals surface area contributed by atoms with E-state index >= 15 is 0 Å². The molecule has 0 radical (unpaired) electrons. The van der Waals surface area contributed by atoms with Crippen molar-refractivity contribution in [3.05, 3.63) is 65.7 Å². The highest BCUT2D eigenvalue weighted by molar-refractivity contribution is 5.96. The van der Waals surface area contributed by atoms with Crippen LogP contribution in [0.5, 0.6) is 5.75 Å². The van der Waals surface area contributed by atoms with E-state index in [2.05, 4.69) is 29.2 Å². The molecular formula is C20H25NO3. The number of ketones is 1. The minimum absolute atomic E-state index is 0. The molecule has 0 aliphatic carbocycles. The number of carbonyl (C=O) groups excluding carboxylic acids is 1. The number of phenolic OH excluding ortho intramolecular Hbond substituents is 1. The Balaban J connectivity index is 0.00000208. The van der Waals surface area contributed by atoms with E-state index in [-0.39, 0.29) is 17.0 Å².